The summed E-state index contributed by atoms with van der Waals surface area (Å²) in [6, 6.07) is 4.79. The van der Waals surface area contributed by atoms with Crippen LogP contribution in [0.25, 0.3) is 6.08 Å². The molecule has 1 aromatic rings. The lowest BCUT2D eigenvalue weighted by Crippen LogP contribution is -2.10. The van der Waals surface area contributed by atoms with E-state index < -0.39 is 9.84 Å². The Morgan fingerprint density at radius 3 is 2.71 bits per heavy atom. The van der Waals surface area contributed by atoms with Crippen molar-refractivity contribution in [2.24, 2.45) is 5.73 Å². The monoisotopic (exact) mass is 229 g/mol. The molecule has 14 heavy (non-hydrogen) atoms. The molecule has 74 valence electrons. The molecule has 0 atom stereocenters. The fourth-order valence-electron chi connectivity index (χ4n) is 1.42. The Balaban J connectivity index is 2.71. The number of nitrogens with two attached hydrogens (primary N) is 1. The summed E-state index contributed by atoms with van der Waals surface area (Å²) in [5.74, 6) is 0. The van der Waals surface area contributed by atoms with Gasteiger partial charge in [0, 0.05) is 11.6 Å². The van der Waals surface area contributed by atoms with Gasteiger partial charge in [-0.25, -0.2) is 8.42 Å². The van der Waals surface area contributed by atoms with E-state index >= 15 is 0 Å². The topological polar surface area (TPSA) is 60.2 Å². The smallest absolute Gasteiger partial charge is 0.204 e. The first-order valence-electron chi connectivity index (χ1n) is 4.01. The fraction of sp³-hybridized carbons (Fsp3) is 0.111. The van der Waals surface area contributed by atoms with E-state index in [0.29, 0.717) is 10.6 Å². The largest absolute Gasteiger partial charge is 0.326 e. The third-order valence-electron chi connectivity index (χ3n) is 2.13. The van der Waals surface area contributed by atoms with Gasteiger partial charge in [0.15, 0.2) is 0 Å². The van der Waals surface area contributed by atoms with Gasteiger partial charge >= 0.3 is 0 Å². The maximum Gasteiger partial charge on any atom is 0.204 e. The summed E-state index contributed by atoms with van der Waals surface area (Å²) in [4.78, 5) is 0.500. The van der Waals surface area contributed by atoms with E-state index in [1.54, 1.807) is 18.2 Å². The number of rotatable bonds is 1. The van der Waals surface area contributed by atoms with E-state index in [0.717, 1.165) is 0 Å². The summed E-state index contributed by atoms with van der Waals surface area (Å²) in [5.41, 5.74) is 6.01. The van der Waals surface area contributed by atoms with Crippen molar-refractivity contribution in [1.82, 2.24) is 0 Å². The normalized spacial score (nSPS) is 17.7. The molecule has 0 radical (unpaired) electrons. The van der Waals surface area contributed by atoms with Gasteiger partial charge in [0.05, 0.1) is 9.80 Å². The minimum Gasteiger partial charge on any atom is -0.326 e. The number of benzene rings is 1. The highest BCUT2D eigenvalue weighted by molar-refractivity contribution is 7.95. The predicted octanol–water partition coefficient (Wildman–Crippen LogP) is 1.43. The van der Waals surface area contributed by atoms with Crippen LogP contribution in [0.4, 0.5) is 0 Å². The van der Waals surface area contributed by atoms with E-state index in [1.165, 1.54) is 6.07 Å². The molecule has 0 saturated carbocycles. The fourth-order valence-corrected chi connectivity index (χ4v) is 3.16. The quantitative estimate of drug-likeness (QED) is 0.793. The van der Waals surface area contributed by atoms with Crippen LogP contribution in [0.3, 0.4) is 0 Å². The summed E-state index contributed by atoms with van der Waals surface area (Å²) in [5, 5.41) is 0.416. The van der Waals surface area contributed by atoms with Crippen LogP contribution in [0.5, 0.6) is 0 Å². The molecule has 1 aromatic carbocycles. The molecule has 0 aliphatic carbocycles. The molecule has 1 aliphatic rings. The van der Waals surface area contributed by atoms with Crippen molar-refractivity contribution >= 4 is 27.5 Å². The Kier molecular flexibility index (Phi) is 2.14. The highest BCUT2D eigenvalue weighted by atomic mass is 35.5. The van der Waals surface area contributed by atoms with Gasteiger partial charge in [-0.2, -0.15) is 0 Å². The van der Waals surface area contributed by atoms with Gasteiger partial charge in [-0.3, -0.25) is 0 Å². The van der Waals surface area contributed by atoms with Gasteiger partial charge in [-0.15, -0.1) is 0 Å². The molecule has 1 heterocycles. The maximum absolute atomic E-state index is 11.8. The number of halogens is 1. The van der Waals surface area contributed by atoms with Crippen LogP contribution in [0.1, 0.15) is 5.56 Å². The lowest BCUT2D eigenvalue weighted by atomic mass is 10.2. The van der Waals surface area contributed by atoms with Crippen LogP contribution in [0.2, 0.25) is 5.02 Å². The highest BCUT2D eigenvalue weighted by Crippen LogP contribution is 2.33. The molecule has 2 rings (SSSR count). The zero-order valence-corrected chi connectivity index (χ0v) is 8.77. The Morgan fingerprint density at radius 2 is 2.07 bits per heavy atom. The molecule has 0 aromatic heterocycles. The van der Waals surface area contributed by atoms with Crippen LogP contribution < -0.4 is 5.73 Å². The average molecular weight is 230 g/mol. The first-order chi connectivity index (χ1) is 6.55. The van der Waals surface area contributed by atoms with Gasteiger partial charge in [-0.1, -0.05) is 17.7 Å². The van der Waals surface area contributed by atoms with Crippen molar-refractivity contribution in [1.29, 1.82) is 0 Å². The standard InChI is InChI=1S/C9H8ClNO2S/c10-7-2-1-6-3-8(5-11)14(12,13)9(6)4-7/h1-4H,5,11H2. The molecular formula is C9H8ClNO2S. The van der Waals surface area contributed by atoms with Gasteiger partial charge in [0.25, 0.3) is 0 Å². The Hall–Kier alpha value is -0.840. The van der Waals surface area contributed by atoms with Crippen molar-refractivity contribution in [3.05, 3.63) is 33.7 Å². The van der Waals surface area contributed by atoms with Crippen molar-refractivity contribution in [2.75, 3.05) is 6.54 Å². The molecule has 0 unspecified atom stereocenters. The molecule has 2 N–H and O–H groups in total. The Labute approximate surface area is 87.1 Å². The molecule has 0 fully saturated rings. The second-order valence-electron chi connectivity index (χ2n) is 3.00. The molecule has 3 nitrogen and oxygen atoms in total. The SMILES string of the molecule is NCC1=Cc2ccc(Cl)cc2S1(=O)=O. The van der Waals surface area contributed by atoms with Crippen molar-refractivity contribution in [3.8, 4) is 0 Å². The predicted molar refractivity (Wildman–Crippen MR) is 55.7 cm³/mol. The van der Waals surface area contributed by atoms with E-state index in [4.69, 9.17) is 17.3 Å². The maximum atomic E-state index is 11.8. The number of hydrogen-bond acceptors (Lipinski definition) is 3. The molecule has 0 spiro atoms. The first-order valence-corrected chi connectivity index (χ1v) is 5.87. The van der Waals surface area contributed by atoms with Crippen molar-refractivity contribution < 1.29 is 8.42 Å². The van der Waals surface area contributed by atoms with Crippen LogP contribution in [0, 0.1) is 0 Å². The number of fused-ring (bicyclic) bond motifs is 1. The minimum atomic E-state index is -3.37. The third-order valence-corrected chi connectivity index (χ3v) is 4.27. The van der Waals surface area contributed by atoms with E-state index in [1.807, 2.05) is 0 Å². The molecule has 1 aliphatic heterocycles. The minimum absolute atomic E-state index is 0.0225. The van der Waals surface area contributed by atoms with E-state index in [2.05, 4.69) is 0 Å². The number of hydrogen-bond donors (Lipinski definition) is 1. The summed E-state index contributed by atoms with van der Waals surface area (Å²) in [7, 11) is -3.37. The van der Waals surface area contributed by atoms with Gasteiger partial charge < -0.3 is 5.73 Å². The number of sulfone groups is 1. The second-order valence-corrected chi connectivity index (χ2v) is 5.41. The average Bonchev–Trinajstić information content (AvgIpc) is 2.38. The lowest BCUT2D eigenvalue weighted by Gasteiger charge is -2.00. The van der Waals surface area contributed by atoms with Crippen molar-refractivity contribution in [2.45, 2.75) is 4.90 Å². The zero-order valence-electron chi connectivity index (χ0n) is 7.20. The van der Waals surface area contributed by atoms with Gasteiger partial charge in [0.1, 0.15) is 0 Å². The second kappa shape index (κ2) is 3.08. The first kappa shape index (κ1) is 9.71. The summed E-state index contributed by atoms with van der Waals surface area (Å²) in [6.07, 6.45) is 1.58. The van der Waals surface area contributed by atoms with Gasteiger partial charge in [-0.05, 0) is 23.8 Å². The summed E-state index contributed by atoms with van der Waals surface area (Å²) < 4.78 is 23.5. The molecule has 0 bridgehead atoms. The highest BCUT2D eigenvalue weighted by Gasteiger charge is 2.28. The van der Waals surface area contributed by atoms with Gasteiger partial charge in [0.2, 0.25) is 9.84 Å². The summed E-state index contributed by atoms with van der Waals surface area (Å²) >= 11 is 5.72. The molecule has 0 amide bonds. The Morgan fingerprint density at radius 1 is 1.36 bits per heavy atom. The van der Waals surface area contributed by atoms with Crippen molar-refractivity contribution in [3.63, 3.8) is 0 Å². The van der Waals surface area contributed by atoms with Crippen LogP contribution in [-0.4, -0.2) is 15.0 Å². The molecule has 0 saturated heterocycles. The van der Waals surface area contributed by atoms with Crippen LogP contribution in [0.15, 0.2) is 28.0 Å². The molecular weight excluding hydrogens is 222 g/mol. The summed E-state index contributed by atoms with van der Waals surface area (Å²) in [6.45, 7) is 0.0225. The van der Waals surface area contributed by atoms with Crippen LogP contribution in [-0.2, 0) is 9.84 Å². The Bertz CT molecular complexity index is 520. The van der Waals surface area contributed by atoms with Crippen LogP contribution >= 0.6 is 11.6 Å². The molecule has 5 heteroatoms. The van der Waals surface area contributed by atoms with E-state index in [-0.39, 0.29) is 16.3 Å². The zero-order chi connectivity index (χ0) is 10.3. The lowest BCUT2D eigenvalue weighted by molar-refractivity contribution is 0.602. The van der Waals surface area contributed by atoms with E-state index in [9.17, 15) is 8.42 Å². The third kappa shape index (κ3) is 1.27.